The number of hydrogen-bond acceptors (Lipinski definition) is 3. The standard InChI is InChI=1S/C25H16ClN3O2/c26-16-11-9-15(10-12-16)23-17-5-1-2-6-18(17)29-25(31)24(23)21(30)13-14-22-27-19-7-3-4-8-20(19)28-22/h1-14H,(H,27,28)(H,29,31). The summed E-state index contributed by atoms with van der Waals surface area (Å²) in [6.45, 7) is 0. The molecule has 0 radical (unpaired) electrons. The molecule has 0 aliphatic carbocycles. The molecule has 0 bridgehead atoms. The third-order valence-electron chi connectivity index (χ3n) is 5.10. The SMILES string of the molecule is O=C(C=Cc1nc2ccccc2[nH]1)c1c(-c2ccc(Cl)cc2)c2ccccc2[nH]c1=O. The zero-order valence-electron chi connectivity index (χ0n) is 16.2. The van der Waals surface area contributed by atoms with Crippen molar-refractivity contribution in [2.75, 3.05) is 0 Å². The van der Waals surface area contributed by atoms with Crippen LogP contribution >= 0.6 is 11.6 Å². The van der Waals surface area contributed by atoms with Crippen molar-refractivity contribution in [1.29, 1.82) is 0 Å². The predicted octanol–water partition coefficient (Wildman–Crippen LogP) is 5.62. The van der Waals surface area contributed by atoms with Crippen LogP contribution in [0, 0.1) is 0 Å². The number of halogens is 1. The molecule has 150 valence electrons. The zero-order valence-corrected chi connectivity index (χ0v) is 17.0. The van der Waals surface area contributed by atoms with Gasteiger partial charge in [0.05, 0.1) is 16.6 Å². The number of nitrogens with zero attached hydrogens (tertiary/aromatic N) is 1. The first-order chi connectivity index (χ1) is 15.1. The van der Waals surface area contributed by atoms with Gasteiger partial charge in [0.2, 0.25) is 0 Å². The van der Waals surface area contributed by atoms with Crippen LogP contribution in [0.15, 0.2) is 83.7 Å². The van der Waals surface area contributed by atoms with E-state index in [-0.39, 0.29) is 5.56 Å². The van der Waals surface area contributed by atoms with Crippen LogP contribution in [0.25, 0.3) is 39.1 Å². The summed E-state index contributed by atoms with van der Waals surface area (Å²) < 4.78 is 0. The molecular formula is C25H16ClN3O2. The minimum absolute atomic E-state index is 0.0772. The van der Waals surface area contributed by atoms with Gasteiger partial charge in [-0.1, -0.05) is 54.1 Å². The largest absolute Gasteiger partial charge is 0.338 e. The van der Waals surface area contributed by atoms with Gasteiger partial charge in [-0.25, -0.2) is 4.98 Å². The molecule has 31 heavy (non-hydrogen) atoms. The molecule has 5 rings (SSSR count). The van der Waals surface area contributed by atoms with Crippen molar-refractivity contribution in [3.63, 3.8) is 0 Å². The molecule has 3 aromatic carbocycles. The third kappa shape index (κ3) is 3.56. The quantitative estimate of drug-likeness (QED) is 0.289. The molecule has 2 N–H and O–H groups in total. The van der Waals surface area contributed by atoms with E-state index >= 15 is 0 Å². The maximum Gasteiger partial charge on any atom is 0.260 e. The lowest BCUT2D eigenvalue weighted by Gasteiger charge is -2.11. The Bertz CT molecular complexity index is 1500. The number of aromatic amines is 2. The molecular weight excluding hydrogens is 410 g/mol. The lowest BCUT2D eigenvalue weighted by molar-refractivity contribution is 0.104. The lowest BCUT2D eigenvalue weighted by atomic mass is 9.94. The molecule has 5 aromatic rings. The van der Waals surface area contributed by atoms with Crippen LogP contribution in [0.2, 0.25) is 5.02 Å². The van der Waals surface area contributed by atoms with E-state index in [0.29, 0.717) is 21.9 Å². The first-order valence-electron chi connectivity index (χ1n) is 9.68. The second kappa shape index (κ2) is 7.70. The Morgan fingerprint density at radius 2 is 1.58 bits per heavy atom. The van der Waals surface area contributed by atoms with E-state index in [1.54, 1.807) is 18.2 Å². The molecule has 0 amide bonds. The van der Waals surface area contributed by atoms with Crippen LogP contribution in [-0.4, -0.2) is 20.7 Å². The highest BCUT2D eigenvalue weighted by molar-refractivity contribution is 6.30. The number of H-pyrrole nitrogens is 2. The molecule has 0 atom stereocenters. The highest BCUT2D eigenvalue weighted by atomic mass is 35.5. The summed E-state index contributed by atoms with van der Waals surface area (Å²) in [4.78, 5) is 36.5. The molecule has 2 aromatic heterocycles. The molecule has 0 aliphatic heterocycles. The van der Waals surface area contributed by atoms with Gasteiger partial charge in [-0.3, -0.25) is 9.59 Å². The van der Waals surface area contributed by atoms with Gasteiger partial charge in [0, 0.05) is 21.5 Å². The molecule has 0 unspecified atom stereocenters. The summed E-state index contributed by atoms with van der Waals surface area (Å²) in [6.07, 6.45) is 2.96. The highest BCUT2D eigenvalue weighted by Crippen LogP contribution is 2.31. The number of rotatable bonds is 4. The van der Waals surface area contributed by atoms with Gasteiger partial charge in [-0.15, -0.1) is 0 Å². The topological polar surface area (TPSA) is 78.6 Å². The van der Waals surface area contributed by atoms with Gasteiger partial charge >= 0.3 is 0 Å². The van der Waals surface area contributed by atoms with Crippen LogP contribution in [0.1, 0.15) is 16.2 Å². The second-order valence-corrected chi connectivity index (χ2v) is 7.53. The number of fused-ring (bicyclic) bond motifs is 2. The maximum atomic E-state index is 13.2. The first-order valence-corrected chi connectivity index (χ1v) is 10.1. The number of allylic oxidation sites excluding steroid dienone is 1. The van der Waals surface area contributed by atoms with Crippen molar-refractivity contribution in [3.8, 4) is 11.1 Å². The normalized spacial score (nSPS) is 11.5. The van der Waals surface area contributed by atoms with Gasteiger partial charge < -0.3 is 9.97 Å². The van der Waals surface area contributed by atoms with Crippen molar-refractivity contribution in [3.05, 3.63) is 106 Å². The Hall–Kier alpha value is -3.96. The monoisotopic (exact) mass is 425 g/mol. The minimum Gasteiger partial charge on any atom is -0.338 e. The van der Waals surface area contributed by atoms with Gasteiger partial charge in [0.1, 0.15) is 5.82 Å². The van der Waals surface area contributed by atoms with E-state index in [4.69, 9.17) is 11.6 Å². The molecule has 0 saturated heterocycles. The van der Waals surface area contributed by atoms with E-state index in [1.807, 2.05) is 60.7 Å². The summed E-state index contributed by atoms with van der Waals surface area (Å²) in [6, 6.07) is 22.1. The number of carbonyl (C=O) groups is 1. The number of hydrogen-bond donors (Lipinski definition) is 2. The fraction of sp³-hybridized carbons (Fsp3) is 0. The molecule has 0 spiro atoms. The predicted molar refractivity (Wildman–Crippen MR) is 124 cm³/mol. The minimum atomic E-state index is -0.442. The van der Waals surface area contributed by atoms with Crippen molar-refractivity contribution in [2.24, 2.45) is 0 Å². The summed E-state index contributed by atoms with van der Waals surface area (Å²) in [5.41, 5.74) is 3.30. The fourth-order valence-corrected chi connectivity index (χ4v) is 3.81. The van der Waals surface area contributed by atoms with Crippen LogP contribution in [0.4, 0.5) is 0 Å². The van der Waals surface area contributed by atoms with E-state index in [1.165, 1.54) is 6.08 Å². The van der Waals surface area contributed by atoms with Crippen molar-refractivity contribution in [2.45, 2.75) is 0 Å². The van der Waals surface area contributed by atoms with Crippen molar-refractivity contribution in [1.82, 2.24) is 15.0 Å². The van der Waals surface area contributed by atoms with E-state index < -0.39 is 11.3 Å². The Morgan fingerprint density at radius 3 is 2.35 bits per heavy atom. The van der Waals surface area contributed by atoms with Crippen molar-refractivity contribution >= 4 is 45.4 Å². The van der Waals surface area contributed by atoms with E-state index in [2.05, 4.69) is 15.0 Å². The highest BCUT2D eigenvalue weighted by Gasteiger charge is 2.19. The van der Waals surface area contributed by atoms with Crippen LogP contribution in [0.5, 0.6) is 0 Å². The number of nitrogens with one attached hydrogen (secondary N) is 2. The van der Waals surface area contributed by atoms with Gasteiger partial charge in [0.15, 0.2) is 5.78 Å². The zero-order chi connectivity index (χ0) is 21.4. The summed E-state index contributed by atoms with van der Waals surface area (Å²) >= 11 is 6.05. The summed E-state index contributed by atoms with van der Waals surface area (Å²) in [5, 5.41) is 1.36. The fourth-order valence-electron chi connectivity index (χ4n) is 3.68. The number of carbonyl (C=O) groups excluding carboxylic acids is 1. The van der Waals surface area contributed by atoms with Crippen LogP contribution < -0.4 is 5.56 Å². The van der Waals surface area contributed by atoms with Gasteiger partial charge in [-0.05, 0) is 48.0 Å². The van der Waals surface area contributed by atoms with E-state index in [0.717, 1.165) is 22.0 Å². The average molecular weight is 426 g/mol. The molecule has 2 heterocycles. The first kappa shape index (κ1) is 19.0. The Morgan fingerprint density at radius 1 is 0.871 bits per heavy atom. The van der Waals surface area contributed by atoms with Gasteiger partial charge in [0.25, 0.3) is 5.56 Å². The Kier molecular flexibility index (Phi) is 4.73. The maximum absolute atomic E-state index is 13.2. The molecule has 0 aliphatic rings. The number of pyridine rings is 1. The molecule has 6 heteroatoms. The number of para-hydroxylation sites is 3. The van der Waals surface area contributed by atoms with Crippen molar-refractivity contribution < 1.29 is 4.79 Å². The Balaban J connectivity index is 1.65. The van der Waals surface area contributed by atoms with Crippen LogP contribution in [0.3, 0.4) is 0 Å². The number of imidazole rings is 1. The lowest BCUT2D eigenvalue weighted by Crippen LogP contribution is -2.18. The van der Waals surface area contributed by atoms with Gasteiger partial charge in [-0.2, -0.15) is 0 Å². The summed E-state index contributed by atoms with van der Waals surface area (Å²) in [7, 11) is 0. The second-order valence-electron chi connectivity index (χ2n) is 7.09. The number of ketones is 1. The molecule has 0 fully saturated rings. The molecule has 0 saturated carbocycles. The summed E-state index contributed by atoms with van der Waals surface area (Å²) in [5.74, 6) is 0.136. The Labute approximate surface area is 182 Å². The number of benzene rings is 3. The number of aromatic nitrogens is 3. The molecule has 5 nitrogen and oxygen atoms in total. The average Bonchev–Trinajstić information content (AvgIpc) is 3.20. The smallest absolute Gasteiger partial charge is 0.260 e. The van der Waals surface area contributed by atoms with Crippen LogP contribution in [-0.2, 0) is 0 Å². The third-order valence-corrected chi connectivity index (χ3v) is 5.35. The van der Waals surface area contributed by atoms with E-state index in [9.17, 15) is 9.59 Å².